The Kier molecular flexibility index (Phi) is 6.78. The van der Waals surface area contributed by atoms with Crippen LogP contribution in [0.3, 0.4) is 0 Å². The highest BCUT2D eigenvalue weighted by molar-refractivity contribution is 7.99. The van der Waals surface area contributed by atoms with Crippen molar-refractivity contribution in [3.63, 3.8) is 0 Å². The van der Waals surface area contributed by atoms with Crippen LogP contribution in [0.4, 0.5) is 0 Å². The van der Waals surface area contributed by atoms with E-state index in [0.29, 0.717) is 12.1 Å². The van der Waals surface area contributed by atoms with Crippen LogP contribution in [0.5, 0.6) is 0 Å². The zero-order chi connectivity index (χ0) is 12.0. The maximum atomic E-state index is 5.43. The first-order chi connectivity index (χ1) is 7.59. The predicted octanol–water partition coefficient (Wildman–Crippen LogP) is 2.78. The van der Waals surface area contributed by atoms with E-state index in [4.69, 9.17) is 4.74 Å². The predicted molar refractivity (Wildman–Crippen MR) is 73.1 cm³/mol. The second-order valence-corrected chi connectivity index (χ2v) is 6.49. The molecule has 0 aromatic carbocycles. The third kappa shape index (κ3) is 5.55. The molecular weight excluding hydrogens is 218 g/mol. The van der Waals surface area contributed by atoms with E-state index in [1.54, 1.807) is 0 Å². The second-order valence-electron chi connectivity index (χ2n) is 5.41. The topological polar surface area (TPSA) is 21.3 Å². The number of nitrogens with one attached hydrogen (secondary N) is 1. The van der Waals surface area contributed by atoms with Gasteiger partial charge in [0.1, 0.15) is 0 Å². The maximum Gasteiger partial charge on any atom is 0.0509 e. The summed E-state index contributed by atoms with van der Waals surface area (Å²) in [6, 6.07) is 1.21. The highest BCUT2D eigenvalue weighted by Gasteiger charge is 2.22. The molecule has 3 atom stereocenters. The van der Waals surface area contributed by atoms with Gasteiger partial charge in [-0.15, -0.1) is 0 Å². The van der Waals surface area contributed by atoms with Crippen LogP contribution in [-0.4, -0.2) is 36.8 Å². The third-order valence-electron chi connectivity index (χ3n) is 3.04. The van der Waals surface area contributed by atoms with E-state index >= 15 is 0 Å². The van der Waals surface area contributed by atoms with Crippen molar-refractivity contribution >= 4 is 11.8 Å². The van der Waals surface area contributed by atoms with Crippen molar-refractivity contribution in [3.05, 3.63) is 0 Å². The lowest BCUT2D eigenvalue weighted by Gasteiger charge is -2.24. The fourth-order valence-electron chi connectivity index (χ4n) is 2.06. The van der Waals surface area contributed by atoms with Crippen molar-refractivity contribution in [2.45, 2.75) is 46.2 Å². The lowest BCUT2D eigenvalue weighted by Crippen LogP contribution is -2.41. The molecule has 0 amide bonds. The Morgan fingerprint density at radius 1 is 1.25 bits per heavy atom. The average molecular weight is 245 g/mol. The summed E-state index contributed by atoms with van der Waals surface area (Å²) in [7, 11) is 0. The van der Waals surface area contributed by atoms with Crippen LogP contribution in [0.25, 0.3) is 0 Å². The zero-order valence-electron chi connectivity index (χ0n) is 11.2. The Bertz CT molecular complexity index is 181. The first-order valence-corrected chi connectivity index (χ1v) is 7.66. The minimum absolute atomic E-state index is 0.595. The van der Waals surface area contributed by atoms with Gasteiger partial charge in [0.25, 0.3) is 0 Å². The molecule has 96 valence electrons. The summed E-state index contributed by atoms with van der Waals surface area (Å²) in [5.74, 6) is 4.01. The highest BCUT2D eigenvalue weighted by atomic mass is 32.2. The molecule has 1 rings (SSSR count). The highest BCUT2D eigenvalue weighted by Crippen LogP contribution is 2.17. The molecule has 1 N–H and O–H groups in total. The monoisotopic (exact) mass is 245 g/mol. The van der Waals surface area contributed by atoms with Gasteiger partial charge in [0.2, 0.25) is 0 Å². The first kappa shape index (κ1) is 14.3. The molecule has 0 aliphatic carbocycles. The second kappa shape index (κ2) is 7.57. The number of hydrogen-bond acceptors (Lipinski definition) is 3. The molecule has 0 saturated carbocycles. The SMILES string of the molecule is CC(C)CSCC(C)NC(C)C1CCOC1. The van der Waals surface area contributed by atoms with E-state index < -0.39 is 0 Å². The van der Waals surface area contributed by atoms with Gasteiger partial charge in [0.05, 0.1) is 6.61 Å². The summed E-state index contributed by atoms with van der Waals surface area (Å²) in [6.45, 7) is 11.0. The fourth-order valence-corrected chi connectivity index (χ4v) is 3.12. The Balaban J connectivity index is 2.10. The number of rotatable bonds is 7. The average Bonchev–Trinajstić information content (AvgIpc) is 2.69. The van der Waals surface area contributed by atoms with Gasteiger partial charge in [0, 0.05) is 24.4 Å². The minimum atomic E-state index is 0.595. The van der Waals surface area contributed by atoms with E-state index in [0.717, 1.165) is 25.0 Å². The largest absolute Gasteiger partial charge is 0.381 e. The van der Waals surface area contributed by atoms with Gasteiger partial charge in [-0.1, -0.05) is 13.8 Å². The summed E-state index contributed by atoms with van der Waals surface area (Å²) < 4.78 is 5.43. The Hall–Kier alpha value is 0.270. The van der Waals surface area contributed by atoms with Gasteiger partial charge < -0.3 is 10.1 Å². The standard InChI is InChI=1S/C13H27NOS/c1-10(2)8-16-9-11(3)14-12(4)13-5-6-15-7-13/h10-14H,5-9H2,1-4H3. The van der Waals surface area contributed by atoms with Crippen molar-refractivity contribution in [3.8, 4) is 0 Å². The molecule has 0 aromatic rings. The van der Waals surface area contributed by atoms with E-state index in [2.05, 4.69) is 44.8 Å². The molecule has 1 saturated heterocycles. The van der Waals surface area contributed by atoms with Gasteiger partial charge >= 0.3 is 0 Å². The first-order valence-electron chi connectivity index (χ1n) is 6.51. The summed E-state index contributed by atoms with van der Waals surface area (Å²) >= 11 is 2.06. The van der Waals surface area contributed by atoms with E-state index in [-0.39, 0.29) is 0 Å². The van der Waals surface area contributed by atoms with Crippen LogP contribution >= 0.6 is 11.8 Å². The van der Waals surface area contributed by atoms with Crippen LogP contribution in [0, 0.1) is 11.8 Å². The van der Waals surface area contributed by atoms with Crippen LogP contribution < -0.4 is 5.32 Å². The molecule has 1 heterocycles. The van der Waals surface area contributed by atoms with Gasteiger partial charge in [0.15, 0.2) is 0 Å². The van der Waals surface area contributed by atoms with Crippen LogP contribution in [-0.2, 0) is 4.74 Å². The fraction of sp³-hybridized carbons (Fsp3) is 1.00. The molecule has 1 aliphatic heterocycles. The van der Waals surface area contributed by atoms with Crippen molar-refractivity contribution in [1.29, 1.82) is 0 Å². The van der Waals surface area contributed by atoms with Crippen molar-refractivity contribution in [2.24, 2.45) is 11.8 Å². The van der Waals surface area contributed by atoms with E-state index in [1.807, 2.05) is 0 Å². The Labute approximate surface area is 105 Å². The lowest BCUT2D eigenvalue weighted by atomic mass is 10.0. The van der Waals surface area contributed by atoms with Crippen LogP contribution in [0.1, 0.15) is 34.1 Å². The van der Waals surface area contributed by atoms with Crippen molar-refractivity contribution in [2.75, 3.05) is 24.7 Å². The Morgan fingerprint density at radius 2 is 2.00 bits per heavy atom. The summed E-state index contributed by atoms with van der Waals surface area (Å²) in [4.78, 5) is 0. The number of ether oxygens (including phenoxy) is 1. The molecule has 0 radical (unpaired) electrons. The van der Waals surface area contributed by atoms with Gasteiger partial charge in [-0.2, -0.15) is 11.8 Å². The number of hydrogen-bond donors (Lipinski definition) is 1. The molecular formula is C13H27NOS. The van der Waals surface area contributed by atoms with Crippen molar-refractivity contribution in [1.82, 2.24) is 5.32 Å². The molecule has 0 spiro atoms. The third-order valence-corrected chi connectivity index (χ3v) is 4.68. The van der Waals surface area contributed by atoms with Crippen molar-refractivity contribution < 1.29 is 4.74 Å². The molecule has 0 aromatic heterocycles. The lowest BCUT2D eigenvalue weighted by molar-refractivity contribution is 0.177. The normalized spacial score (nSPS) is 24.9. The summed E-state index contributed by atoms with van der Waals surface area (Å²) in [6.07, 6.45) is 1.22. The summed E-state index contributed by atoms with van der Waals surface area (Å²) in [5, 5.41) is 3.69. The summed E-state index contributed by atoms with van der Waals surface area (Å²) in [5.41, 5.74) is 0. The van der Waals surface area contributed by atoms with Crippen LogP contribution in [0.15, 0.2) is 0 Å². The number of thioether (sulfide) groups is 1. The van der Waals surface area contributed by atoms with Gasteiger partial charge in [-0.25, -0.2) is 0 Å². The molecule has 16 heavy (non-hydrogen) atoms. The van der Waals surface area contributed by atoms with E-state index in [9.17, 15) is 0 Å². The van der Waals surface area contributed by atoms with Gasteiger partial charge in [-0.05, 0) is 37.9 Å². The molecule has 3 unspecified atom stereocenters. The molecule has 3 heteroatoms. The molecule has 1 aliphatic rings. The minimum Gasteiger partial charge on any atom is -0.381 e. The van der Waals surface area contributed by atoms with Gasteiger partial charge in [-0.3, -0.25) is 0 Å². The maximum absolute atomic E-state index is 5.43. The smallest absolute Gasteiger partial charge is 0.0509 e. The van der Waals surface area contributed by atoms with Crippen LogP contribution in [0.2, 0.25) is 0 Å². The molecule has 1 fully saturated rings. The molecule has 0 bridgehead atoms. The Morgan fingerprint density at radius 3 is 2.56 bits per heavy atom. The molecule has 2 nitrogen and oxygen atoms in total. The zero-order valence-corrected chi connectivity index (χ0v) is 12.0. The quantitative estimate of drug-likeness (QED) is 0.745. The van der Waals surface area contributed by atoms with E-state index in [1.165, 1.54) is 17.9 Å².